The van der Waals surface area contributed by atoms with E-state index in [1.54, 1.807) is 11.4 Å². The molecule has 4 rings (SSSR count). The van der Waals surface area contributed by atoms with Gasteiger partial charge in [0, 0.05) is 11.1 Å². The normalized spacial score (nSPS) is 10.9. The van der Waals surface area contributed by atoms with Gasteiger partial charge in [-0.15, -0.1) is 0 Å². The standard InChI is InChI=1S/C22H19N3O2/c1-3-27-22(26)18-14-23-25-20(17-7-5-4-6-8-17)13-19(24-21(18)25)16-11-9-15(2)10-12-16/h4-14H,3H2,1-2H3. The van der Waals surface area contributed by atoms with E-state index in [9.17, 15) is 4.79 Å². The minimum absolute atomic E-state index is 0.305. The average molecular weight is 357 g/mol. The molecule has 0 aliphatic carbocycles. The summed E-state index contributed by atoms with van der Waals surface area (Å²) in [4.78, 5) is 17.1. The van der Waals surface area contributed by atoms with Crippen molar-refractivity contribution in [3.63, 3.8) is 0 Å². The van der Waals surface area contributed by atoms with E-state index >= 15 is 0 Å². The molecule has 27 heavy (non-hydrogen) atoms. The SMILES string of the molecule is CCOC(=O)c1cnn2c(-c3ccccc3)cc(-c3ccc(C)cc3)nc12. The highest BCUT2D eigenvalue weighted by Gasteiger charge is 2.19. The summed E-state index contributed by atoms with van der Waals surface area (Å²) in [7, 11) is 0. The summed E-state index contributed by atoms with van der Waals surface area (Å²) < 4.78 is 6.86. The van der Waals surface area contributed by atoms with E-state index < -0.39 is 5.97 Å². The molecular weight excluding hydrogens is 338 g/mol. The summed E-state index contributed by atoms with van der Waals surface area (Å²) in [6, 6.07) is 20.1. The molecule has 2 heterocycles. The summed E-state index contributed by atoms with van der Waals surface area (Å²) in [5.41, 5.74) is 5.67. The maximum Gasteiger partial charge on any atom is 0.343 e. The van der Waals surface area contributed by atoms with E-state index in [-0.39, 0.29) is 0 Å². The third kappa shape index (κ3) is 3.19. The summed E-state index contributed by atoms with van der Waals surface area (Å²) in [6.45, 7) is 4.13. The first-order valence-corrected chi connectivity index (χ1v) is 8.85. The van der Waals surface area contributed by atoms with Crippen molar-refractivity contribution in [2.24, 2.45) is 0 Å². The molecule has 0 amide bonds. The number of carbonyl (C=O) groups excluding carboxylic acids is 1. The van der Waals surface area contributed by atoms with Gasteiger partial charge in [-0.05, 0) is 19.9 Å². The van der Waals surface area contributed by atoms with E-state index in [2.05, 4.69) is 5.10 Å². The maximum atomic E-state index is 12.3. The van der Waals surface area contributed by atoms with Crippen LogP contribution in [0.4, 0.5) is 0 Å². The molecule has 0 spiro atoms. The monoisotopic (exact) mass is 357 g/mol. The number of carbonyl (C=O) groups is 1. The van der Waals surface area contributed by atoms with Crippen molar-refractivity contribution in [3.8, 4) is 22.5 Å². The van der Waals surface area contributed by atoms with E-state index in [1.807, 2.05) is 67.6 Å². The first kappa shape index (κ1) is 17.0. The van der Waals surface area contributed by atoms with Crippen LogP contribution in [0.3, 0.4) is 0 Å². The van der Waals surface area contributed by atoms with Crippen LogP contribution in [0.1, 0.15) is 22.8 Å². The zero-order valence-electron chi connectivity index (χ0n) is 15.2. The summed E-state index contributed by atoms with van der Waals surface area (Å²) in [5, 5.41) is 4.40. The molecule has 2 aromatic heterocycles. The molecule has 0 saturated heterocycles. The van der Waals surface area contributed by atoms with Crippen LogP contribution in [-0.4, -0.2) is 27.2 Å². The molecule has 0 radical (unpaired) electrons. The van der Waals surface area contributed by atoms with Crippen LogP contribution >= 0.6 is 0 Å². The number of ether oxygens (including phenoxy) is 1. The number of aromatic nitrogens is 3. The Hall–Kier alpha value is -3.47. The number of rotatable bonds is 4. The van der Waals surface area contributed by atoms with Gasteiger partial charge >= 0.3 is 5.97 Å². The Balaban J connectivity index is 1.97. The molecule has 0 atom stereocenters. The van der Waals surface area contributed by atoms with Gasteiger partial charge in [-0.2, -0.15) is 5.10 Å². The predicted molar refractivity (Wildman–Crippen MR) is 105 cm³/mol. The fraction of sp³-hybridized carbons (Fsp3) is 0.136. The van der Waals surface area contributed by atoms with E-state index in [0.717, 1.165) is 22.5 Å². The summed E-state index contributed by atoms with van der Waals surface area (Å²) in [5.74, 6) is -0.417. The van der Waals surface area contributed by atoms with Crippen LogP contribution in [-0.2, 0) is 4.74 Å². The zero-order chi connectivity index (χ0) is 18.8. The van der Waals surface area contributed by atoms with Gasteiger partial charge in [0.05, 0.1) is 24.2 Å². The van der Waals surface area contributed by atoms with Gasteiger partial charge in [0.1, 0.15) is 5.56 Å². The van der Waals surface area contributed by atoms with Crippen LogP contribution < -0.4 is 0 Å². The zero-order valence-corrected chi connectivity index (χ0v) is 15.2. The summed E-state index contributed by atoms with van der Waals surface area (Å²) >= 11 is 0. The smallest absolute Gasteiger partial charge is 0.343 e. The van der Waals surface area contributed by atoms with Crippen LogP contribution in [0.25, 0.3) is 28.2 Å². The molecular formula is C22H19N3O2. The Kier molecular flexibility index (Phi) is 4.42. The van der Waals surface area contributed by atoms with Crippen molar-refractivity contribution in [3.05, 3.63) is 78.0 Å². The van der Waals surface area contributed by atoms with Crippen molar-refractivity contribution in [1.82, 2.24) is 14.6 Å². The molecule has 4 aromatic rings. The van der Waals surface area contributed by atoms with Gasteiger partial charge in [0.25, 0.3) is 0 Å². The topological polar surface area (TPSA) is 56.5 Å². The lowest BCUT2D eigenvalue weighted by Gasteiger charge is -2.09. The van der Waals surface area contributed by atoms with Crippen molar-refractivity contribution in [2.45, 2.75) is 13.8 Å². The quantitative estimate of drug-likeness (QED) is 0.503. The number of fused-ring (bicyclic) bond motifs is 1. The second kappa shape index (κ2) is 7.03. The molecule has 0 aliphatic rings. The Morgan fingerprint density at radius 1 is 1.04 bits per heavy atom. The molecule has 0 unspecified atom stereocenters. The molecule has 0 fully saturated rings. The Bertz CT molecular complexity index is 1100. The largest absolute Gasteiger partial charge is 0.462 e. The van der Waals surface area contributed by atoms with Crippen molar-refractivity contribution >= 4 is 11.6 Å². The molecule has 5 heteroatoms. The fourth-order valence-electron chi connectivity index (χ4n) is 3.00. The molecule has 134 valence electrons. The lowest BCUT2D eigenvalue weighted by atomic mass is 10.1. The van der Waals surface area contributed by atoms with Crippen LogP contribution in [0.15, 0.2) is 66.9 Å². The van der Waals surface area contributed by atoms with E-state index in [4.69, 9.17) is 9.72 Å². The van der Waals surface area contributed by atoms with Crippen molar-refractivity contribution < 1.29 is 9.53 Å². The van der Waals surface area contributed by atoms with Crippen LogP contribution in [0.2, 0.25) is 0 Å². The van der Waals surface area contributed by atoms with Crippen molar-refractivity contribution in [2.75, 3.05) is 6.61 Å². The average Bonchev–Trinajstić information content (AvgIpc) is 3.13. The molecule has 0 saturated carbocycles. The Morgan fingerprint density at radius 2 is 1.78 bits per heavy atom. The molecule has 0 aliphatic heterocycles. The number of benzene rings is 2. The van der Waals surface area contributed by atoms with E-state index in [0.29, 0.717) is 17.8 Å². The number of hydrogen-bond donors (Lipinski definition) is 0. The van der Waals surface area contributed by atoms with Gasteiger partial charge in [-0.3, -0.25) is 0 Å². The Labute approximate surface area is 157 Å². The highest BCUT2D eigenvalue weighted by atomic mass is 16.5. The number of esters is 1. The summed E-state index contributed by atoms with van der Waals surface area (Å²) in [6.07, 6.45) is 1.52. The number of aryl methyl sites for hydroxylation is 1. The number of hydrogen-bond acceptors (Lipinski definition) is 4. The first-order valence-electron chi connectivity index (χ1n) is 8.85. The third-order valence-corrected chi connectivity index (χ3v) is 4.38. The van der Waals surface area contributed by atoms with Crippen LogP contribution in [0, 0.1) is 6.92 Å². The highest BCUT2D eigenvalue weighted by Crippen LogP contribution is 2.27. The molecule has 5 nitrogen and oxygen atoms in total. The lowest BCUT2D eigenvalue weighted by molar-refractivity contribution is 0.0528. The van der Waals surface area contributed by atoms with Gasteiger partial charge in [0.2, 0.25) is 0 Å². The minimum atomic E-state index is -0.417. The van der Waals surface area contributed by atoms with E-state index in [1.165, 1.54) is 11.8 Å². The van der Waals surface area contributed by atoms with Gasteiger partial charge < -0.3 is 4.74 Å². The molecule has 0 bridgehead atoms. The molecule has 2 aromatic carbocycles. The third-order valence-electron chi connectivity index (χ3n) is 4.38. The fourth-order valence-corrected chi connectivity index (χ4v) is 3.00. The van der Waals surface area contributed by atoms with Crippen molar-refractivity contribution in [1.29, 1.82) is 0 Å². The van der Waals surface area contributed by atoms with Gasteiger partial charge in [-0.25, -0.2) is 14.3 Å². The number of nitrogens with zero attached hydrogens (tertiary/aromatic N) is 3. The highest BCUT2D eigenvalue weighted by molar-refractivity contribution is 5.96. The second-order valence-corrected chi connectivity index (χ2v) is 6.27. The van der Waals surface area contributed by atoms with Gasteiger partial charge in [-0.1, -0.05) is 60.2 Å². The van der Waals surface area contributed by atoms with Crippen LogP contribution in [0.5, 0.6) is 0 Å². The van der Waals surface area contributed by atoms with Gasteiger partial charge in [0.15, 0.2) is 5.65 Å². The lowest BCUT2D eigenvalue weighted by Crippen LogP contribution is -2.06. The maximum absolute atomic E-state index is 12.3. The Morgan fingerprint density at radius 3 is 2.48 bits per heavy atom. The minimum Gasteiger partial charge on any atom is -0.462 e. The molecule has 0 N–H and O–H groups in total. The predicted octanol–water partition coefficient (Wildman–Crippen LogP) is 4.55. The second-order valence-electron chi connectivity index (χ2n) is 6.27. The first-order chi connectivity index (χ1) is 13.2.